The van der Waals surface area contributed by atoms with Crippen LogP contribution in [0.25, 0.3) is 0 Å². The van der Waals surface area contributed by atoms with Gasteiger partial charge in [0, 0.05) is 18.9 Å². The van der Waals surface area contributed by atoms with Gasteiger partial charge in [-0.25, -0.2) is 0 Å². The third-order valence-electron chi connectivity index (χ3n) is 5.33. The van der Waals surface area contributed by atoms with Crippen LogP contribution >= 0.6 is 0 Å². The van der Waals surface area contributed by atoms with E-state index in [1.54, 1.807) is 13.8 Å². The molecule has 0 spiro atoms. The summed E-state index contributed by atoms with van der Waals surface area (Å²) in [7, 11) is 0. The van der Waals surface area contributed by atoms with Crippen molar-refractivity contribution in [2.24, 2.45) is 23.3 Å². The Morgan fingerprint density at radius 2 is 1.66 bits per heavy atom. The van der Waals surface area contributed by atoms with Crippen molar-refractivity contribution in [1.82, 2.24) is 5.32 Å². The highest BCUT2D eigenvalue weighted by Crippen LogP contribution is 2.17. The summed E-state index contributed by atoms with van der Waals surface area (Å²) < 4.78 is 5.86. The SMILES string of the molecule is Cc1cc(C)cc(CO[C@@H](CCN)C(=O)C[C@H](C(=O)N[C@@H](CN)C(=O)C(C)C)C(C)O)c1. The Balaban J connectivity index is 2.87. The number of carbonyl (C=O) groups excluding carboxylic acids is 3. The predicted molar refractivity (Wildman–Crippen MR) is 124 cm³/mol. The van der Waals surface area contributed by atoms with Gasteiger partial charge in [0.25, 0.3) is 0 Å². The number of hydrogen-bond donors (Lipinski definition) is 4. The lowest BCUT2D eigenvalue weighted by Gasteiger charge is -2.25. The first-order valence-corrected chi connectivity index (χ1v) is 11.1. The van der Waals surface area contributed by atoms with E-state index >= 15 is 0 Å². The molecule has 0 fully saturated rings. The molecular weight excluding hydrogens is 410 g/mol. The van der Waals surface area contributed by atoms with Crippen molar-refractivity contribution in [2.45, 2.75) is 72.3 Å². The zero-order chi connectivity index (χ0) is 24.4. The molecule has 0 bridgehead atoms. The second-order valence-corrected chi connectivity index (χ2v) is 8.74. The monoisotopic (exact) mass is 449 g/mol. The Hall–Kier alpha value is -2.13. The number of nitrogens with two attached hydrogens (primary N) is 2. The number of nitrogens with one attached hydrogen (secondary N) is 1. The van der Waals surface area contributed by atoms with E-state index in [4.69, 9.17) is 16.2 Å². The number of ketones is 2. The maximum Gasteiger partial charge on any atom is 0.226 e. The van der Waals surface area contributed by atoms with E-state index in [0.29, 0.717) is 6.42 Å². The second kappa shape index (κ2) is 13.4. The van der Waals surface area contributed by atoms with E-state index in [1.165, 1.54) is 6.92 Å². The number of benzene rings is 1. The summed E-state index contributed by atoms with van der Waals surface area (Å²) in [5.74, 6) is -2.43. The van der Waals surface area contributed by atoms with Crippen LogP contribution in [0, 0.1) is 25.7 Å². The molecular formula is C24H39N3O5. The minimum absolute atomic E-state index is 0.0575. The molecule has 0 aliphatic rings. The van der Waals surface area contributed by atoms with Crippen LogP contribution in [-0.4, -0.2) is 53.9 Å². The number of aliphatic hydroxyl groups excluding tert-OH is 1. The molecule has 0 aliphatic heterocycles. The minimum atomic E-state index is -1.09. The number of aryl methyl sites for hydroxylation is 2. The van der Waals surface area contributed by atoms with Gasteiger partial charge in [0.1, 0.15) is 6.10 Å². The van der Waals surface area contributed by atoms with Crippen molar-refractivity contribution in [3.8, 4) is 0 Å². The van der Waals surface area contributed by atoms with E-state index < -0.39 is 30.1 Å². The highest BCUT2D eigenvalue weighted by molar-refractivity contribution is 5.93. The molecule has 0 aliphatic carbocycles. The lowest BCUT2D eigenvalue weighted by molar-refractivity contribution is -0.140. The first kappa shape index (κ1) is 27.9. The number of amides is 1. The molecule has 0 heterocycles. The number of aliphatic hydroxyl groups is 1. The highest BCUT2D eigenvalue weighted by atomic mass is 16.5. The molecule has 1 amide bonds. The van der Waals surface area contributed by atoms with Crippen molar-refractivity contribution in [2.75, 3.05) is 13.1 Å². The molecule has 1 unspecified atom stereocenters. The molecule has 0 saturated carbocycles. The summed E-state index contributed by atoms with van der Waals surface area (Å²) in [4.78, 5) is 37.9. The first-order chi connectivity index (χ1) is 15.0. The zero-order valence-corrected chi connectivity index (χ0v) is 19.9. The van der Waals surface area contributed by atoms with Gasteiger partial charge >= 0.3 is 0 Å². The lowest BCUT2D eigenvalue weighted by atomic mass is 9.92. The fourth-order valence-electron chi connectivity index (χ4n) is 3.60. The minimum Gasteiger partial charge on any atom is -0.393 e. The molecule has 180 valence electrons. The topological polar surface area (TPSA) is 145 Å². The van der Waals surface area contributed by atoms with Gasteiger partial charge in [0.05, 0.1) is 24.7 Å². The molecule has 0 radical (unpaired) electrons. The Labute approximate surface area is 191 Å². The van der Waals surface area contributed by atoms with E-state index in [2.05, 4.69) is 11.4 Å². The fraction of sp³-hybridized carbons (Fsp3) is 0.625. The third kappa shape index (κ3) is 8.78. The molecule has 8 heteroatoms. The van der Waals surface area contributed by atoms with Crippen molar-refractivity contribution < 1.29 is 24.2 Å². The summed E-state index contributed by atoms with van der Waals surface area (Å²) in [5, 5.41) is 12.7. The number of ether oxygens (including phenoxy) is 1. The molecule has 0 saturated heterocycles. The standard InChI is InChI=1S/C24H39N3O5/c1-14(2)23(30)20(12-26)27-24(31)19(17(5)28)11-21(29)22(6-7-25)32-13-18-9-15(3)8-16(4)10-18/h8-10,14,17,19-20,22,28H,6-7,11-13,25-26H2,1-5H3,(H,27,31)/t17?,19-,20-,22-/m0/s1. The number of Topliss-reactive ketones (excluding diaryl/α,β-unsaturated/α-hetero) is 2. The third-order valence-corrected chi connectivity index (χ3v) is 5.33. The van der Waals surface area contributed by atoms with Crippen LogP contribution in [-0.2, 0) is 25.7 Å². The van der Waals surface area contributed by atoms with Crippen LogP contribution in [0.4, 0.5) is 0 Å². The molecule has 32 heavy (non-hydrogen) atoms. The molecule has 1 aromatic carbocycles. The Kier molecular flexibility index (Phi) is 11.7. The van der Waals surface area contributed by atoms with E-state index in [-0.39, 0.29) is 43.6 Å². The Morgan fingerprint density at radius 1 is 1.06 bits per heavy atom. The van der Waals surface area contributed by atoms with Crippen LogP contribution in [0.1, 0.15) is 50.3 Å². The molecule has 6 N–H and O–H groups in total. The van der Waals surface area contributed by atoms with Gasteiger partial charge in [-0.3, -0.25) is 14.4 Å². The average molecular weight is 450 g/mol. The Morgan fingerprint density at radius 3 is 2.12 bits per heavy atom. The molecule has 8 nitrogen and oxygen atoms in total. The van der Waals surface area contributed by atoms with Crippen molar-refractivity contribution in [3.63, 3.8) is 0 Å². The second-order valence-electron chi connectivity index (χ2n) is 8.74. The molecule has 1 rings (SSSR count). The van der Waals surface area contributed by atoms with Gasteiger partial charge < -0.3 is 26.6 Å². The lowest BCUT2D eigenvalue weighted by Crippen LogP contribution is -2.51. The van der Waals surface area contributed by atoms with Crippen LogP contribution < -0.4 is 16.8 Å². The largest absolute Gasteiger partial charge is 0.393 e. The summed E-state index contributed by atoms with van der Waals surface area (Å²) in [5.41, 5.74) is 14.5. The maximum absolute atomic E-state index is 12.9. The van der Waals surface area contributed by atoms with E-state index in [1.807, 2.05) is 26.0 Å². The number of carbonyl (C=O) groups is 3. The summed E-state index contributed by atoms with van der Waals surface area (Å²) in [6.45, 7) is 9.28. The first-order valence-electron chi connectivity index (χ1n) is 11.1. The van der Waals surface area contributed by atoms with Crippen molar-refractivity contribution >= 4 is 17.5 Å². The quantitative estimate of drug-likeness (QED) is 0.333. The maximum atomic E-state index is 12.9. The van der Waals surface area contributed by atoms with Gasteiger partial charge in [-0.15, -0.1) is 0 Å². The molecule has 1 aromatic rings. The van der Waals surface area contributed by atoms with Crippen LogP contribution in [0.15, 0.2) is 18.2 Å². The predicted octanol–water partition coefficient (Wildman–Crippen LogP) is 1.16. The van der Waals surface area contributed by atoms with Crippen molar-refractivity contribution in [1.29, 1.82) is 0 Å². The zero-order valence-electron chi connectivity index (χ0n) is 19.9. The molecule has 4 atom stereocenters. The molecule has 0 aromatic heterocycles. The fourth-order valence-corrected chi connectivity index (χ4v) is 3.60. The van der Waals surface area contributed by atoms with E-state index in [9.17, 15) is 19.5 Å². The summed E-state index contributed by atoms with van der Waals surface area (Å²) in [6.07, 6.45) is -1.81. The Bertz CT molecular complexity index is 759. The van der Waals surface area contributed by atoms with Gasteiger partial charge in [-0.2, -0.15) is 0 Å². The van der Waals surface area contributed by atoms with Crippen molar-refractivity contribution in [3.05, 3.63) is 34.9 Å². The average Bonchev–Trinajstić information content (AvgIpc) is 2.71. The number of hydrogen-bond acceptors (Lipinski definition) is 7. The number of rotatable bonds is 14. The van der Waals surface area contributed by atoms with Gasteiger partial charge in [0.15, 0.2) is 11.6 Å². The van der Waals surface area contributed by atoms with Crippen LogP contribution in [0.2, 0.25) is 0 Å². The normalized spacial score (nSPS) is 15.2. The van der Waals surface area contributed by atoms with Gasteiger partial charge in [-0.05, 0) is 39.3 Å². The smallest absolute Gasteiger partial charge is 0.226 e. The van der Waals surface area contributed by atoms with Gasteiger partial charge in [-0.1, -0.05) is 43.2 Å². The summed E-state index contributed by atoms with van der Waals surface area (Å²) in [6, 6.07) is 5.17. The summed E-state index contributed by atoms with van der Waals surface area (Å²) >= 11 is 0. The van der Waals surface area contributed by atoms with Crippen LogP contribution in [0.3, 0.4) is 0 Å². The van der Waals surface area contributed by atoms with E-state index in [0.717, 1.165) is 16.7 Å². The van der Waals surface area contributed by atoms with Crippen LogP contribution in [0.5, 0.6) is 0 Å². The highest BCUT2D eigenvalue weighted by Gasteiger charge is 2.32. The van der Waals surface area contributed by atoms with Gasteiger partial charge in [0.2, 0.25) is 5.91 Å².